The summed E-state index contributed by atoms with van der Waals surface area (Å²) < 4.78 is 2.20. The van der Waals surface area contributed by atoms with Crippen LogP contribution in [0.1, 0.15) is 23.0 Å². The Morgan fingerprint density at radius 3 is 1.84 bits per heavy atom. The molecule has 0 unspecified atom stereocenters. The standard InChI is InChI=1S/C15H16N3.HI/c1-12-6-10-18(11-7-12)15(13-4-2-8-16-13)14-5-3-9-17-14;/h2-11,15-17H,1H3;1H/q+1;/p-1. The van der Waals surface area contributed by atoms with Gasteiger partial charge in [0, 0.05) is 24.5 Å². The Hall–Kier alpha value is -1.56. The highest BCUT2D eigenvalue weighted by Gasteiger charge is 2.24. The Kier molecular flexibility index (Phi) is 4.42. The molecule has 0 aliphatic carbocycles. The summed E-state index contributed by atoms with van der Waals surface area (Å²) in [6.07, 6.45) is 8.14. The lowest BCUT2D eigenvalue weighted by Crippen LogP contribution is -3.00. The molecule has 0 aromatic carbocycles. The number of rotatable bonds is 3. The van der Waals surface area contributed by atoms with Crippen LogP contribution in [0.3, 0.4) is 0 Å². The summed E-state index contributed by atoms with van der Waals surface area (Å²) in [7, 11) is 0. The minimum absolute atomic E-state index is 0. The lowest BCUT2D eigenvalue weighted by atomic mass is 10.1. The smallest absolute Gasteiger partial charge is 0.237 e. The fourth-order valence-electron chi connectivity index (χ4n) is 2.20. The van der Waals surface area contributed by atoms with Gasteiger partial charge in [0.05, 0.1) is 11.4 Å². The summed E-state index contributed by atoms with van der Waals surface area (Å²) in [5.74, 6) is 0. The van der Waals surface area contributed by atoms with Crippen molar-refractivity contribution in [1.29, 1.82) is 0 Å². The summed E-state index contributed by atoms with van der Waals surface area (Å²) in [6, 6.07) is 12.7. The van der Waals surface area contributed by atoms with Crippen LogP contribution in [0.2, 0.25) is 0 Å². The Morgan fingerprint density at radius 1 is 0.895 bits per heavy atom. The average molecular weight is 365 g/mol. The summed E-state index contributed by atoms with van der Waals surface area (Å²) in [4.78, 5) is 6.60. The molecule has 3 nitrogen and oxygen atoms in total. The number of nitrogens with zero attached hydrogens (tertiary/aromatic N) is 1. The van der Waals surface area contributed by atoms with Crippen molar-refractivity contribution in [3.63, 3.8) is 0 Å². The van der Waals surface area contributed by atoms with Crippen LogP contribution in [0, 0.1) is 6.92 Å². The second-order valence-corrected chi connectivity index (χ2v) is 4.48. The van der Waals surface area contributed by atoms with Gasteiger partial charge in [-0.2, -0.15) is 4.57 Å². The number of halogens is 1. The van der Waals surface area contributed by atoms with E-state index in [1.54, 1.807) is 0 Å². The summed E-state index contributed by atoms with van der Waals surface area (Å²) >= 11 is 0. The Labute approximate surface area is 129 Å². The van der Waals surface area contributed by atoms with Crippen molar-refractivity contribution >= 4 is 0 Å². The van der Waals surface area contributed by atoms with Crippen LogP contribution in [0.15, 0.2) is 61.2 Å². The zero-order chi connectivity index (χ0) is 12.4. The first-order valence-corrected chi connectivity index (χ1v) is 6.08. The van der Waals surface area contributed by atoms with Gasteiger partial charge < -0.3 is 33.9 Å². The molecule has 0 saturated carbocycles. The van der Waals surface area contributed by atoms with Crippen LogP contribution in [0.25, 0.3) is 0 Å². The molecule has 0 fully saturated rings. The molecule has 0 aliphatic heterocycles. The van der Waals surface area contributed by atoms with Crippen molar-refractivity contribution < 1.29 is 28.5 Å². The highest BCUT2D eigenvalue weighted by molar-refractivity contribution is 5.20. The van der Waals surface area contributed by atoms with E-state index < -0.39 is 0 Å². The van der Waals surface area contributed by atoms with Gasteiger partial charge in [0.2, 0.25) is 6.04 Å². The van der Waals surface area contributed by atoms with Crippen molar-refractivity contribution in [2.24, 2.45) is 0 Å². The average Bonchev–Trinajstić information content (AvgIpc) is 3.06. The number of nitrogens with one attached hydrogen (secondary N) is 2. The number of H-pyrrole nitrogens is 2. The van der Waals surface area contributed by atoms with Gasteiger partial charge in [-0.3, -0.25) is 0 Å². The molecule has 3 aromatic heterocycles. The maximum atomic E-state index is 3.30. The maximum absolute atomic E-state index is 3.30. The molecule has 2 N–H and O–H groups in total. The predicted octanol–water partition coefficient (Wildman–Crippen LogP) is -0.420. The van der Waals surface area contributed by atoms with Crippen molar-refractivity contribution in [2.45, 2.75) is 13.0 Å². The Balaban J connectivity index is 0.00000133. The van der Waals surface area contributed by atoms with Crippen LogP contribution in [-0.4, -0.2) is 9.97 Å². The molecule has 3 aromatic rings. The largest absolute Gasteiger partial charge is 1.00 e. The monoisotopic (exact) mass is 365 g/mol. The number of aryl methyl sites for hydroxylation is 1. The van der Waals surface area contributed by atoms with Crippen molar-refractivity contribution in [1.82, 2.24) is 9.97 Å². The molecule has 0 bridgehead atoms. The van der Waals surface area contributed by atoms with Gasteiger partial charge in [-0.15, -0.1) is 0 Å². The third-order valence-corrected chi connectivity index (χ3v) is 3.15. The van der Waals surface area contributed by atoms with Crippen LogP contribution in [0.5, 0.6) is 0 Å². The minimum Gasteiger partial charge on any atom is -1.00 e. The van der Waals surface area contributed by atoms with Crippen LogP contribution >= 0.6 is 0 Å². The van der Waals surface area contributed by atoms with Gasteiger partial charge >= 0.3 is 0 Å². The predicted molar refractivity (Wildman–Crippen MR) is 70.2 cm³/mol. The molecule has 98 valence electrons. The zero-order valence-corrected chi connectivity index (χ0v) is 12.8. The fourth-order valence-corrected chi connectivity index (χ4v) is 2.20. The molecule has 0 saturated heterocycles. The molecule has 3 rings (SSSR count). The maximum Gasteiger partial charge on any atom is 0.237 e. The molecule has 4 heteroatoms. The third-order valence-electron chi connectivity index (χ3n) is 3.15. The van der Waals surface area contributed by atoms with Gasteiger partial charge in [-0.1, -0.05) is 0 Å². The van der Waals surface area contributed by atoms with E-state index in [1.807, 2.05) is 24.5 Å². The number of pyridine rings is 1. The second-order valence-electron chi connectivity index (χ2n) is 4.48. The first kappa shape index (κ1) is 13.9. The van der Waals surface area contributed by atoms with Gasteiger partial charge in [0.25, 0.3) is 0 Å². The third kappa shape index (κ3) is 2.89. The highest BCUT2D eigenvalue weighted by atomic mass is 127. The number of hydrogen-bond acceptors (Lipinski definition) is 0. The van der Waals surface area contributed by atoms with Gasteiger partial charge in [0.1, 0.15) is 0 Å². The van der Waals surface area contributed by atoms with E-state index in [0.29, 0.717) is 0 Å². The van der Waals surface area contributed by atoms with Crippen LogP contribution < -0.4 is 28.5 Å². The van der Waals surface area contributed by atoms with E-state index in [-0.39, 0.29) is 30.0 Å². The number of hydrogen-bond donors (Lipinski definition) is 2. The first-order valence-electron chi connectivity index (χ1n) is 6.08. The summed E-state index contributed by atoms with van der Waals surface area (Å²) in [5, 5.41) is 0. The van der Waals surface area contributed by atoms with Crippen LogP contribution in [-0.2, 0) is 0 Å². The van der Waals surface area contributed by atoms with E-state index >= 15 is 0 Å². The highest BCUT2D eigenvalue weighted by Crippen LogP contribution is 2.18. The Bertz CT molecular complexity index is 563. The minimum atomic E-state index is 0. The van der Waals surface area contributed by atoms with E-state index in [4.69, 9.17) is 0 Å². The number of aromatic nitrogens is 3. The fraction of sp³-hybridized carbons (Fsp3) is 0.133. The molecule has 0 spiro atoms. The van der Waals surface area contributed by atoms with Crippen LogP contribution in [0.4, 0.5) is 0 Å². The normalized spacial score (nSPS) is 10.4. The van der Waals surface area contributed by atoms with Gasteiger partial charge in [0.15, 0.2) is 12.4 Å². The topological polar surface area (TPSA) is 35.5 Å². The van der Waals surface area contributed by atoms with Crippen molar-refractivity contribution in [3.8, 4) is 0 Å². The summed E-state index contributed by atoms with van der Waals surface area (Å²) in [6.45, 7) is 2.10. The van der Waals surface area contributed by atoms with E-state index in [2.05, 4.69) is 58.1 Å². The van der Waals surface area contributed by atoms with Crippen molar-refractivity contribution in [3.05, 3.63) is 78.1 Å². The van der Waals surface area contributed by atoms with E-state index in [9.17, 15) is 0 Å². The van der Waals surface area contributed by atoms with Gasteiger partial charge in [-0.25, -0.2) is 0 Å². The quantitative estimate of drug-likeness (QED) is 0.468. The number of aromatic amines is 2. The molecule has 0 atom stereocenters. The molecule has 3 heterocycles. The molecule has 0 amide bonds. The van der Waals surface area contributed by atoms with Gasteiger partial charge in [-0.05, 0) is 36.8 Å². The SMILES string of the molecule is Cc1cc[n+](C(c2ccc[nH]2)c2ccc[nH]2)cc1.[I-]. The molecule has 0 aliphatic rings. The summed E-state index contributed by atoms with van der Waals surface area (Å²) in [5.41, 5.74) is 3.61. The van der Waals surface area contributed by atoms with Crippen molar-refractivity contribution in [2.75, 3.05) is 0 Å². The molecule has 19 heavy (non-hydrogen) atoms. The molecular formula is C15H16IN3. The molecular weight excluding hydrogens is 349 g/mol. The second kappa shape index (κ2) is 6.06. The lowest BCUT2D eigenvalue weighted by Gasteiger charge is -2.09. The zero-order valence-electron chi connectivity index (χ0n) is 10.7. The Morgan fingerprint density at radius 2 is 1.42 bits per heavy atom. The molecule has 0 radical (unpaired) electrons. The van der Waals surface area contributed by atoms with E-state index in [0.717, 1.165) is 0 Å². The van der Waals surface area contributed by atoms with E-state index in [1.165, 1.54) is 17.0 Å². The first-order chi connectivity index (χ1) is 8.84. The lowest BCUT2D eigenvalue weighted by molar-refractivity contribution is -0.705.